The van der Waals surface area contributed by atoms with Gasteiger partial charge in [0.05, 0.1) is 17.7 Å². The summed E-state index contributed by atoms with van der Waals surface area (Å²) in [6, 6.07) is 17.9. The van der Waals surface area contributed by atoms with E-state index in [2.05, 4.69) is 5.32 Å². The molecule has 0 bridgehead atoms. The van der Waals surface area contributed by atoms with Crippen LogP contribution in [0.5, 0.6) is 5.75 Å². The number of rotatable bonds is 12. The lowest BCUT2D eigenvalue weighted by molar-refractivity contribution is -0.140. The Balaban J connectivity index is 1.73. The fourth-order valence-electron chi connectivity index (χ4n) is 5.32. The predicted octanol–water partition coefficient (Wildman–Crippen LogP) is 6.03. The topological polar surface area (TPSA) is 96.0 Å². The Hall–Kier alpha value is -3.56. The third kappa shape index (κ3) is 7.89. The molecular formula is C33H40ClN3O5S. The number of halogens is 1. The van der Waals surface area contributed by atoms with Gasteiger partial charge in [0.1, 0.15) is 18.3 Å². The minimum absolute atomic E-state index is 0.0512. The summed E-state index contributed by atoms with van der Waals surface area (Å²) in [5.74, 6) is -0.0709. The van der Waals surface area contributed by atoms with E-state index in [1.165, 1.54) is 17.0 Å². The van der Waals surface area contributed by atoms with Crippen LogP contribution in [0, 0.1) is 13.8 Å². The molecule has 1 fully saturated rings. The predicted molar refractivity (Wildman–Crippen MR) is 170 cm³/mol. The fourth-order valence-corrected chi connectivity index (χ4v) is 6.90. The van der Waals surface area contributed by atoms with Crippen molar-refractivity contribution in [2.75, 3.05) is 18.0 Å². The number of nitrogens with zero attached hydrogens (tertiary/aromatic N) is 2. The monoisotopic (exact) mass is 625 g/mol. The molecule has 1 N–H and O–H groups in total. The second-order valence-corrected chi connectivity index (χ2v) is 13.3. The molecule has 1 unspecified atom stereocenters. The number of nitrogens with one attached hydrogen (secondary N) is 1. The lowest BCUT2D eigenvalue weighted by Gasteiger charge is -2.34. The summed E-state index contributed by atoms with van der Waals surface area (Å²) in [6.07, 6.45) is 4.29. The summed E-state index contributed by atoms with van der Waals surface area (Å²) in [6.45, 7) is 5.15. The molecule has 8 nitrogen and oxygen atoms in total. The van der Waals surface area contributed by atoms with E-state index >= 15 is 0 Å². The van der Waals surface area contributed by atoms with Crippen LogP contribution in [0.4, 0.5) is 5.69 Å². The van der Waals surface area contributed by atoms with Crippen molar-refractivity contribution in [2.24, 2.45) is 0 Å². The highest BCUT2D eigenvalue weighted by Gasteiger charge is 2.34. The van der Waals surface area contributed by atoms with E-state index < -0.39 is 28.5 Å². The maximum Gasteiger partial charge on any atom is 0.264 e. The standard InChI is InChI=1S/C33H40ClN3O5S/c1-5-31(33(39)35-26-8-6-7-9-26)36(21-25-13-16-28(42-4)17-14-25)32(38)22-37(27-15-12-24(3)30(34)20-27)43(40,41)29-18-10-23(2)11-19-29/h10-20,26,31H,5-9,21-22H2,1-4H3,(H,35,39). The van der Waals surface area contributed by atoms with E-state index in [9.17, 15) is 18.0 Å². The maximum atomic E-state index is 14.3. The highest BCUT2D eigenvalue weighted by molar-refractivity contribution is 7.92. The van der Waals surface area contributed by atoms with E-state index in [4.69, 9.17) is 16.3 Å². The van der Waals surface area contributed by atoms with Gasteiger partial charge in [-0.15, -0.1) is 0 Å². The largest absolute Gasteiger partial charge is 0.497 e. The first kappa shape index (κ1) is 32.4. The van der Waals surface area contributed by atoms with Crippen molar-refractivity contribution < 1.29 is 22.7 Å². The number of carbonyl (C=O) groups excluding carboxylic acids is 2. The van der Waals surface area contributed by atoms with Crippen LogP contribution in [0.25, 0.3) is 0 Å². The highest BCUT2D eigenvalue weighted by atomic mass is 35.5. The number of methoxy groups -OCH3 is 1. The van der Waals surface area contributed by atoms with Crippen LogP contribution >= 0.6 is 11.6 Å². The third-order valence-corrected chi connectivity index (χ3v) is 10.1. The van der Waals surface area contributed by atoms with Crippen LogP contribution in [-0.2, 0) is 26.2 Å². The summed E-state index contributed by atoms with van der Waals surface area (Å²) in [5.41, 5.74) is 2.73. The number of benzene rings is 3. The van der Waals surface area contributed by atoms with Crippen LogP contribution in [0.2, 0.25) is 5.02 Å². The van der Waals surface area contributed by atoms with Gasteiger partial charge in [0, 0.05) is 17.6 Å². The Kier molecular flexibility index (Phi) is 10.7. The summed E-state index contributed by atoms with van der Waals surface area (Å²) >= 11 is 6.42. The normalized spacial score (nSPS) is 14.3. The smallest absolute Gasteiger partial charge is 0.264 e. The number of ether oxygens (including phenoxy) is 1. The third-order valence-electron chi connectivity index (χ3n) is 7.93. The Morgan fingerprint density at radius 1 is 1.00 bits per heavy atom. The fraction of sp³-hybridized carbons (Fsp3) is 0.394. The van der Waals surface area contributed by atoms with Crippen molar-refractivity contribution in [2.45, 2.75) is 76.4 Å². The van der Waals surface area contributed by atoms with Crippen LogP contribution in [0.1, 0.15) is 55.7 Å². The molecule has 2 amide bonds. The number of anilines is 1. The van der Waals surface area contributed by atoms with Crippen LogP contribution in [0.3, 0.4) is 0 Å². The van der Waals surface area contributed by atoms with Crippen molar-refractivity contribution >= 4 is 39.1 Å². The van der Waals surface area contributed by atoms with Crippen molar-refractivity contribution in [3.8, 4) is 5.75 Å². The lowest BCUT2D eigenvalue weighted by Crippen LogP contribution is -2.53. The van der Waals surface area contributed by atoms with Crippen molar-refractivity contribution in [3.63, 3.8) is 0 Å². The number of amides is 2. The number of sulfonamides is 1. The van der Waals surface area contributed by atoms with Gasteiger partial charge in [0.2, 0.25) is 11.8 Å². The summed E-state index contributed by atoms with van der Waals surface area (Å²) in [7, 11) is -2.60. The van der Waals surface area contributed by atoms with E-state index in [-0.39, 0.29) is 29.1 Å². The summed E-state index contributed by atoms with van der Waals surface area (Å²) in [5, 5.41) is 3.51. The van der Waals surface area contributed by atoms with Crippen molar-refractivity contribution in [1.29, 1.82) is 0 Å². The van der Waals surface area contributed by atoms with Crippen LogP contribution < -0.4 is 14.4 Å². The molecule has 1 aliphatic carbocycles. The molecule has 4 rings (SSSR count). The maximum absolute atomic E-state index is 14.3. The lowest BCUT2D eigenvalue weighted by atomic mass is 10.1. The first-order valence-corrected chi connectivity index (χ1v) is 16.4. The van der Waals surface area contributed by atoms with Gasteiger partial charge in [-0.05, 0) is 80.6 Å². The van der Waals surface area contributed by atoms with Gasteiger partial charge in [-0.3, -0.25) is 13.9 Å². The van der Waals surface area contributed by atoms with Crippen LogP contribution in [-0.4, -0.2) is 50.9 Å². The van der Waals surface area contributed by atoms with E-state index in [0.29, 0.717) is 17.2 Å². The quantitative estimate of drug-likeness (QED) is 0.265. The molecule has 0 radical (unpaired) electrons. The molecule has 230 valence electrons. The second kappa shape index (κ2) is 14.3. The SMILES string of the molecule is CCC(C(=O)NC1CCCC1)N(Cc1ccc(OC)cc1)C(=O)CN(c1ccc(C)c(Cl)c1)S(=O)(=O)c1ccc(C)cc1. The first-order valence-electron chi connectivity index (χ1n) is 14.6. The van der Waals surface area contributed by atoms with Gasteiger partial charge in [-0.1, -0.05) is 67.3 Å². The van der Waals surface area contributed by atoms with E-state index in [1.807, 2.05) is 32.9 Å². The molecule has 0 spiro atoms. The molecule has 3 aromatic rings. The Morgan fingerprint density at radius 3 is 2.23 bits per heavy atom. The molecule has 1 saturated carbocycles. The number of carbonyl (C=O) groups is 2. The Morgan fingerprint density at radius 2 is 1.65 bits per heavy atom. The van der Waals surface area contributed by atoms with Gasteiger partial charge >= 0.3 is 0 Å². The molecule has 0 aliphatic heterocycles. The van der Waals surface area contributed by atoms with Gasteiger partial charge in [-0.2, -0.15) is 0 Å². The summed E-state index contributed by atoms with van der Waals surface area (Å²) in [4.78, 5) is 29.4. The van der Waals surface area contributed by atoms with Gasteiger partial charge in [0.25, 0.3) is 10.0 Å². The summed E-state index contributed by atoms with van der Waals surface area (Å²) < 4.78 is 34.5. The second-order valence-electron chi connectivity index (χ2n) is 11.0. The highest BCUT2D eigenvalue weighted by Crippen LogP contribution is 2.29. The molecule has 43 heavy (non-hydrogen) atoms. The van der Waals surface area contributed by atoms with Crippen molar-refractivity contribution in [1.82, 2.24) is 10.2 Å². The number of hydrogen-bond acceptors (Lipinski definition) is 5. The first-order chi connectivity index (χ1) is 20.5. The molecule has 0 saturated heterocycles. The van der Waals surface area contributed by atoms with Gasteiger partial charge < -0.3 is 15.0 Å². The minimum atomic E-state index is -4.17. The molecular weight excluding hydrogens is 586 g/mol. The Bertz CT molecular complexity index is 1520. The molecule has 0 aromatic heterocycles. The molecule has 1 atom stereocenters. The zero-order valence-corrected chi connectivity index (χ0v) is 26.7. The van der Waals surface area contributed by atoms with E-state index in [0.717, 1.165) is 46.7 Å². The zero-order chi connectivity index (χ0) is 31.1. The molecule has 0 heterocycles. The number of aryl methyl sites for hydroxylation is 2. The zero-order valence-electron chi connectivity index (χ0n) is 25.2. The molecule has 1 aliphatic rings. The van der Waals surface area contributed by atoms with Gasteiger partial charge in [-0.25, -0.2) is 8.42 Å². The number of hydrogen-bond donors (Lipinski definition) is 1. The molecule has 10 heteroatoms. The average Bonchev–Trinajstić information content (AvgIpc) is 3.50. The molecule has 3 aromatic carbocycles. The van der Waals surface area contributed by atoms with Crippen LogP contribution in [0.15, 0.2) is 71.6 Å². The van der Waals surface area contributed by atoms with E-state index in [1.54, 1.807) is 49.6 Å². The average molecular weight is 626 g/mol. The van der Waals surface area contributed by atoms with Crippen molar-refractivity contribution in [3.05, 3.63) is 88.4 Å². The van der Waals surface area contributed by atoms with Gasteiger partial charge in [0.15, 0.2) is 0 Å². The minimum Gasteiger partial charge on any atom is -0.497 e. The Labute approximate surface area is 260 Å².